The number of pyridine rings is 1. The molecule has 0 radical (unpaired) electrons. The van der Waals surface area contributed by atoms with E-state index in [2.05, 4.69) is 15.6 Å². The van der Waals surface area contributed by atoms with Crippen LogP contribution in [0.3, 0.4) is 0 Å². The van der Waals surface area contributed by atoms with E-state index in [0.29, 0.717) is 22.6 Å². The summed E-state index contributed by atoms with van der Waals surface area (Å²) in [6.45, 7) is 0.139. The Morgan fingerprint density at radius 3 is 2.66 bits per heavy atom. The van der Waals surface area contributed by atoms with Crippen molar-refractivity contribution in [3.63, 3.8) is 0 Å². The van der Waals surface area contributed by atoms with Gasteiger partial charge in [0.2, 0.25) is 5.88 Å². The molecule has 2 aromatic carbocycles. The van der Waals surface area contributed by atoms with E-state index < -0.39 is 11.7 Å². The molecule has 0 aliphatic rings. The molecule has 32 heavy (non-hydrogen) atoms. The lowest BCUT2D eigenvalue weighted by Crippen LogP contribution is -2.23. The second-order valence-electron chi connectivity index (χ2n) is 6.72. The number of carbonyl (C=O) groups is 2. The van der Waals surface area contributed by atoms with Gasteiger partial charge < -0.3 is 19.8 Å². The van der Waals surface area contributed by atoms with Crippen LogP contribution in [0.2, 0.25) is 0 Å². The molecule has 4 aromatic rings. The highest BCUT2D eigenvalue weighted by molar-refractivity contribution is 6.03. The van der Waals surface area contributed by atoms with E-state index in [9.17, 15) is 14.0 Å². The summed E-state index contributed by atoms with van der Waals surface area (Å²) in [7, 11) is 0. The summed E-state index contributed by atoms with van der Waals surface area (Å²) in [6.07, 6.45) is 2.95. The van der Waals surface area contributed by atoms with Gasteiger partial charge in [-0.3, -0.25) is 9.59 Å². The second kappa shape index (κ2) is 9.57. The van der Waals surface area contributed by atoms with Crippen LogP contribution in [0.1, 0.15) is 26.5 Å². The Morgan fingerprint density at radius 1 is 0.969 bits per heavy atom. The first-order chi connectivity index (χ1) is 15.6. The minimum atomic E-state index is -0.424. The van der Waals surface area contributed by atoms with Gasteiger partial charge in [-0.25, -0.2) is 9.37 Å². The highest BCUT2D eigenvalue weighted by Crippen LogP contribution is 2.23. The topological polar surface area (TPSA) is 93.5 Å². The lowest BCUT2D eigenvalue weighted by molar-refractivity contribution is 0.0948. The number of furan rings is 1. The van der Waals surface area contributed by atoms with Crippen LogP contribution in [0.15, 0.2) is 89.7 Å². The monoisotopic (exact) mass is 431 g/mol. The Kier molecular flexibility index (Phi) is 6.22. The molecule has 2 amide bonds. The molecule has 8 heteroatoms. The highest BCUT2D eigenvalue weighted by atomic mass is 19.1. The van der Waals surface area contributed by atoms with Gasteiger partial charge in [0.15, 0.2) is 5.76 Å². The molecule has 2 heterocycles. The van der Waals surface area contributed by atoms with E-state index in [1.807, 2.05) is 0 Å². The predicted molar refractivity (Wildman–Crippen MR) is 115 cm³/mol. The number of benzene rings is 2. The number of aromatic nitrogens is 1. The molecule has 160 valence electrons. The largest absolute Gasteiger partial charge is 0.459 e. The molecule has 0 spiro atoms. The normalized spacial score (nSPS) is 10.4. The molecule has 0 saturated carbocycles. The lowest BCUT2D eigenvalue weighted by Gasteiger charge is -2.11. The van der Waals surface area contributed by atoms with Crippen LogP contribution < -0.4 is 15.4 Å². The average Bonchev–Trinajstić information content (AvgIpc) is 3.34. The van der Waals surface area contributed by atoms with E-state index in [1.165, 1.54) is 24.5 Å². The number of hydrogen-bond acceptors (Lipinski definition) is 5. The number of anilines is 1. The third kappa shape index (κ3) is 5.17. The van der Waals surface area contributed by atoms with Crippen molar-refractivity contribution in [3.05, 3.63) is 108 Å². The molecule has 0 saturated heterocycles. The van der Waals surface area contributed by atoms with Crippen molar-refractivity contribution in [2.24, 2.45) is 0 Å². The zero-order chi connectivity index (χ0) is 22.3. The SMILES string of the molecule is O=C(NCc1cccnc1Oc1cccc(F)c1)c1cccc(NC(=O)c2ccco2)c1. The van der Waals surface area contributed by atoms with Crippen LogP contribution in [0, 0.1) is 5.82 Å². The van der Waals surface area contributed by atoms with Crippen LogP contribution in [0.4, 0.5) is 10.1 Å². The van der Waals surface area contributed by atoms with Crippen LogP contribution in [0.5, 0.6) is 11.6 Å². The van der Waals surface area contributed by atoms with Gasteiger partial charge in [-0.05, 0) is 48.5 Å². The molecule has 2 N–H and O–H groups in total. The molecular formula is C24H18FN3O4. The Labute approximate surface area is 182 Å². The fraction of sp³-hybridized carbons (Fsp3) is 0.0417. The summed E-state index contributed by atoms with van der Waals surface area (Å²) in [5, 5.41) is 5.48. The number of nitrogens with one attached hydrogen (secondary N) is 2. The molecule has 0 unspecified atom stereocenters. The molecular weight excluding hydrogens is 413 g/mol. The van der Waals surface area contributed by atoms with Gasteiger partial charge in [0.05, 0.1) is 6.26 Å². The molecule has 0 aliphatic carbocycles. The van der Waals surface area contributed by atoms with Crippen molar-refractivity contribution in [2.75, 3.05) is 5.32 Å². The average molecular weight is 431 g/mol. The highest BCUT2D eigenvalue weighted by Gasteiger charge is 2.13. The summed E-state index contributed by atoms with van der Waals surface area (Å²) >= 11 is 0. The van der Waals surface area contributed by atoms with Crippen LogP contribution in [-0.4, -0.2) is 16.8 Å². The zero-order valence-corrected chi connectivity index (χ0v) is 16.7. The standard InChI is InChI=1S/C24H18FN3O4/c25-18-7-2-9-20(14-18)32-24-17(6-3-11-26-24)15-27-22(29)16-5-1-8-19(13-16)28-23(30)21-10-4-12-31-21/h1-14H,15H2,(H,27,29)(H,28,30). The van der Waals surface area contributed by atoms with Crippen molar-refractivity contribution >= 4 is 17.5 Å². The molecule has 0 fully saturated rings. The first-order valence-electron chi connectivity index (χ1n) is 9.69. The maximum Gasteiger partial charge on any atom is 0.291 e. The zero-order valence-electron chi connectivity index (χ0n) is 16.7. The summed E-state index contributed by atoms with van der Waals surface area (Å²) < 4.78 is 24.1. The molecule has 7 nitrogen and oxygen atoms in total. The third-order valence-electron chi connectivity index (χ3n) is 4.43. The lowest BCUT2D eigenvalue weighted by atomic mass is 10.1. The number of nitrogens with zero attached hydrogens (tertiary/aromatic N) is 1. The molecule has 2 aromatic heterocycles. The van der Waals surface area contributed by atoms with Crippen LogP contribution in [-0.2, 0) is 6.54 Å². The van der Waals surface area contributed by atoms with Gasteiger partial charge in [-0.1, -0.05) is 18.2 Å². The van der Waals surface area contributed by atoms with Crippen molar-refractivity contribution in [2.45, 2.75) is 6.54 Å². The van der Waals surface area contributed by atoms with Gasteiger partial charge >= 0.3 is 0 Å². The first kappa shape index (κ1) is 20.8. The molecule has 0 atom stereocenters. The third-order valence-corrected chi connectivity index (χ3v) is 4.43. The fourth-order valence-corrected chi connectivity index (χ4v) is 2.91. The molecule has 4 rings (SSSR count). The predicted octanol–water partition coefficient (Wildman–Crippen LogP) is 4.79. The second-order valence-corrected chi connectivity index (χ2v) is 6.72. The van der Waals surface area contributed by atoms with Crippen LogP contribution >= 0.6 is 0 Å². The van der Waals surface area contributed by atoms with Gasteiger partial charge in [-0.15, -0.1) is 0 Å². The minimum absolute atomic E-state index is 0.139. The number of amides is 2. The molecule has 0 bridgehead atoms. The van der Waals surface area contributed by atoms with E-state index in [4.69, 9.17) is 9.15 Å². The summed E-state index contributed by atoms with van der Waals surface area (Å²) in [5.74, 6) is -0.453. The van der Waals surface area contributed by atoms with E-state index >= 15 is 0 Å². The van der Waals surface area contributed by atoms with Crippen molar-refractivity contribution in [1.29, 1.82) is 0 Å². The van der Waals surface area contributed by atoms with Crippen molar-refractivity contribution in [3.8, 4) is 11.6 Å². The molecule has 0 aliphatic heterocycles. The Balaban J connectivity index is 1.41. The van der Waals surface area contributed by atoms with E-state index in [0.717, 1.165) is 0 Å². The van der Waals surface area contributed by atoms with Gasteiger partial charge in [0.1, 0.15) is 11.6 Å². The Morgan fingerprint density at radius 2 is 1.84 bits per heavy atom. The number of rotatable bonds is 7. The Bertz CT molecular complexity index is 1240. The number of carbonyl (C=O) groups excluding carboxylic acids is 2. The van der Waals surface area contributed by atoms with E-state index in [-0.39, 0.29) is 24.1 Å². The number of halogens is 1. The fourth-order valence-electron chi connectivity index (χ4n) is 2.91. The van der Waals surface area contributed by atoms with Crippen LogP contribution in [0.25, 0.3) is 0 Å². The van der Waals surface area contributed by atoms with Crippen molar-refractivity contribution in [1.82, 2.24) is 10.3 Å². The smallest absolute Gasteiger partial charge is 0.291 e. The summed E-state index contributed by atoms with van der Waals surface area (Å²) in [4.78, 5) is 28.9. The number of hydrogen-bond donors (Lipinski definition) is 2. The van der Waals surface area contributed by atoms with E-state index in [1.54, 1.807) is 60.8 Å². The van der Waals surface area contributed by atoms with Gasteiger partial charge in [-0.2, -0.15) is 0 Å². The van der Waals surface area contributed by atoms with Gasteiger partial charge in [0, 0.05) is 35.6 Å². The first-order valence-corrected chi connectivity index (χ1v) is 9.69. The van der Waals surface area contributed by atoms with Crippen molar-refractivity contribution < 1.29 is 23.1 Å². The maximum absolute atomic E-state index is 13.4. The maximum atomic E-state index is 13.4. The summed E-state index contributed by atoms with van der Waals surface area (Å²) in [6, 6.07) is 18.9. The summed E-state index contributed by atoms with van der Waals surface area (Å²) in [5.41, 5.74) is 1.43. The quantitative estimate of drug-likeness (QED) is 0.439. The van der Waals surface area contributed by atoms with Gasteiger partial charge in [0.25, 0.3) is 11.8 Å². The minimum Gasteiger partial charge on any atom is -0.459 e. The Hall–Kier alpha value is -4.46. The number of ether oxygens (including phenoxy) is 1.